The number of nitrogens with zero attached hydrogens (tertiary/aromatic N) is 1. The van der Waals surface area contributed by atoms with E-state index in [1.807, 2.05) is 24.3 Å². The Kier molecular flexibility index (Phi) is 4.51. The number of piperidine rings is 1. The molecule has 2 aliphatic rings. The molecule has 1 aromatic carbocycles. The summed E-state index contributed by atoms with van der Waals surface area (Å²) in [5, 5.41) is 5.84. The van der Waals surface area contributed by atoms with Crippen LogP contribution in [0.25, 0.3) is 11.3 Å². The first kappa shape index (κ1) is 16.8. The summed E-state index contributed by atoms with van der Waals surface area (Å²) in [6.45, 7) is 4.72. The average molecular weight is 353 g/mol. The lowest BCUT2D eigenvalue weighted by atomic mass is 9.97. The summed E-state index contributed by atoms with van der Waals surface area (Å²) in [6, 6.07) is 11.1. The van der Waals surface area contributed by atoms with E-state index in [4.69, 9.17) is 4.42 Å². The number of benzene rings is 1. The zero-order chi connectivity index (χ0) is 18.1. The van der Waals surface area contributed by atoms with E-state index in [1.54, 1.807) is 12.1 Å². The molecule has 0 spiro atoms. The third-order valence-electron chi connectivity index (χ3n) is 5.12. The summed E-state index contributed by atoms with van der Waals surface area (Å²) in [6.07, 6.45) is 2.30. The van der Waals surface area contributed by atoms with Crippen LogP contribution in [-0.4, -0.2) is 42.4 Å². The molecule has 2 N–H and O–H groups in total. The second-order valence-corrected chi connectivity index (χ2v) is 7.24. The van der Waals surface area contributed by atoms with Gasteiger partial charge in [-0.15, -0.1) is 0 Å². The molecule has 26 heavy (non-hydrogen) atoms. The summed E-state index contributed by atoms with van der Waals surface area (Å²) >= 11 is 0. The Bertz CT molecular complexity index is 800. The maximum Gasteiger partial charge on any atom is 0.287 e. The quantitative estimate of drug-likeness (QED) is 0.886. The van der Waals surface area contributed by atoms with Crippen molar-refractivity contribution in [2.75, 3.05) is 25.0 Å². The van der Waals surface area contributed by atoms with Gasteiger partial charge in [0.15, 0.2) is 5.76 Å². The Morgan fingerprint density at radius 1 is 1.12 bits per heavy atom. The van der Waals surface area contributed by atoms with E-state index in [9.17, 15) is 9.59 Å². The van der Waals surface area contributed by atoms with E-state index in [1.165, 1.54) is 19.9 Å². The zero-order valence-electron chi connectivity index (χ0n) is 14.8. The lowest BCUT2D eigenvalue weighted by Crippen LogP contribution is -2.46. The normalized spacial score (nSPS) is 24.3. The molecule has 2 aromatic rings. The highest BCUT2D eigenvalue weighted by Gasteiger charge is 2.33. The van der Waals surface area contributed by atoms with Gasteiger partial charge in [-0.1, -0.05) is 0 Å². The van der Waals surface area contributed by atoms with E-state index in [-0.39, 0.29) is 17.9 Å². The fraction of sp³-hybridized carbons (Fsp3) is 0.400. The Balaban J connectivity index is 1.40. The molecule has 1 unspecified atom stereocenters. The highest BCUT2D eigenvalue weighted by atomic mass is 16.3. The molecule has 0 saturated carbocycles. The van der Waals surface area contributed by atoms with Crippen LogP contribution in [-0.2, 0) is 4.79 Å². The van der Waals surface area contributed by atoms with E-state index in [2.05, 4.69) is 15.5 Å². The van der Waals surface area contributed by atoms with Crippen LogP contribution in [0.15, 0.2) is 40.8 Å². The van der Waals surface area contributed by atoms with Crippen molar-refractivity contribution in [2.24, 2.45) is 5.92 Å². The maximum absolute atomic E-state index is 12.5. The molecule has 6 nitrogen and oxygen atoms in total. The predicted molar refractivity (Wildman–Crippen MR) is 98.9 cm³/mol. The molecule has 0 aliphatic carbocycles. The molecule has 2 fully saturated rings. The number of nitrogens with one attached hydrogen (secondary N) is 2. The highest BCUT2D eigenvalue weighted by Crippen LogP contribution is 2.27. The van der Waals surface area contributed by atoms with Crippen LogP contribution in [0.4, 0.5) is 5.69 Å². The molecule has 6 heteroatoms. The number of carbonyl (C=O) groups excluding carboxylic acids is 2. The number of fused-ring (bicyclic) bond motifs is 2. The lowest BCUT2D eigenvalue weighted by molar-refractivity contribution is -0.114. The molecule has 3 atom stereocenters. The van der Waals surface area contributed by atoms with Crippen molar-refractivity contribution in [1.82, 2.24) is 10.2 Å². The Morgan fingerprint density at radius 3 is 2.65 bits per heavy atom. The Hall–Kier alpha value is -2.60. The van der Waals surface area contributed by atoms with Gasteiger partial charge in [-0.3, -0.25) is 9.59 Å². The zero-order valence-corrected chi connectivity index (χ0v) is 14.8. The standard InChI is InChI=1S/C20H23N3O3/c1-13(24)21-16-4-2-15(3-5-16)18-6-7-19(26-18)20(25)22-17-10-14-8-9-23(11-14)12-17/h2-7,14,17H,8-12H2,1H3,(H,21,24)(H,22,25)/t14-,17-/m1/s1. The second kappa shape index (κ2) is 6.96. The van der Waals surface area contributed by atoms with Crippen molar-refractivity contribution in [3.8, 4) is 11.3 Å². The van der Waals surface area contributed by atoms with Gasteiger partial charge < -0.3 is 20.0 Å². The van der Waals surface area contributed by atoms with Gasteiger partial charge in [0.25, 0.3) is 5.91 Å². The van der Waals surface area contributed by atoms with E-state index >= 15 is 0 Å². The van der Waals surface area contributed by atoms with Crippen molar-refractivity contribution in [3.63, 3.8) is 0 Å². The summed E-state index contributed by atoms with van der Waals surface area (Å²) in [7, 11) is 0. The van der Waals surface area contributed by atoms with Crippen LogP contribution in [0.2, 0.25) is 0 Å². The van der Waals surface area contributed by atoms with Gasteiger partial charge in [-0.25, -0.2) is 0 Å². The molecule has 4 rings (SSSR count). The predicted octanol–water partition coefficient (Wildman–Crippen LogP) is 2.73. The minimum absolute atomic E-state index is 0.109. The lowest BCUT2D eigenvalue weighted by Gasteiger charge is -2.30. The minimum atomic E-state index is -0.154. The molecule has 3 heterocycles. The van der Waals surface area contributed by atoms with E-state index in [0.717, 1.165) is 30.8 Å². The van der Waals surface area contributed by atoms with Gasteiger partial charge in [-0.2, -0.15) is 0 Å². The van der Waals surface area contributed by atoms with Crippen LogP contribution < -0.4 is 10.6 Å². The fourth-order valence-corrected chi connectivity index (χ4v) is 3.96. The van der Waals surface area contributed by atoms with E-state index < -0.39 is 0 Å². The van der Waals surface area contributed by atoms with Crippen molar-refractivity contribution < 1.29 is 14.0 Å². The van der Waals surface area contributed by atoms with Crippen LogP contribution in [0, 0.1) is 5.92 Å². The van der Waals surface area contributed by atoms with Crippen molar-refractivity contribution in [1.29, 1.82) is 0 Å². The van der Waals surface area contributed by atoms with Crippen LogP contribution in [0.5, 0.6) is 0 Å². The average Bonchev–Trinajstić information content (AvgIpc) is 3.22. The van der Waals surface area contributed by atoms with Gasteiger partial charge in [0.2, 0.25) is 5.91 Å². The Morgan fingerprint density at radius 2 is 1.92 bits per heavy atom. The largest absolute Gasteiger partial charge is 0.451 e. The van der Waals surface area contributed by atoms with E-state index in [0.29, 0.717) is 17.4 Å². The monoisotopic (exact) mass is 353 g/mol. The number of hydrogen-bond donors (Lipinski definition) is 2. The second-order valence-electron chi connectivity index (χ2n) is 7.24. The molecule has 136 valence electrons. The van der Waals surface area contributed by atoms with Crippen LogP contribution in [0.1, 0.15) is 30.3 Å². The summed E-state index contributed by atoms with van der Waals surface area (Å²) in [5.41, 5.74) is 1.59. The molecule has 1 aromatic heterocycles. The van der Waals surface area contributed by atoms with Crippen LogP contribution in [0.3, 0.4) is 0 Å². The first-order valence-corrected chi connectivity index (χ1v) is 9.08. The van der Waals surface area contributed by atoms with Gasteiger partial charge in [0.05, 0.1) is 0 Å². The van der Waals surface area contributed by atoms with Gasteiger partial charge >= 0.3 is 0 Å². The first-order valence-electron chi connectivity index (χ1n) is 9.08. The van der Waals surface area contributed by atoms with Gasteiger partial charge in [0, 0.05) is 37.3 Å². The third-order valence-corrected chi connectivity index (χ3v) is 5.12. The molecule has 2 saturated heterocycles. The molecular formula is C20H23N3O3. The SMILES string of the molecule is CC(=O)Nc1ccc(-c2ccc(C(=O)N[C@@H]3C[C@H]4CCN(C4)C3)o2)cc1. The third kappa shape index (κ3) is 3.65. The number of furan rings is 1. The highest BCUT2D eigenvalue weighted by molar-refractivity contribution is 5.92. The fourth-order valence-electron chi connectivity index (χ4n) is 3.96. The number of amides is 2. The van der Waals surface area contributed by atoms with Gasteiger partial charge in [-0.05, 0) is 61.7 Å². The number of carbonyl (C=O) groups is 2. The molecule has 2 amide bonds. The number of hydrogen-bond acceptors (Lipinski definition) is 4. The smallest absolute Gasteiger partial charge is 0.287 e. The minimum Gasteiger partial charge on any atom is -0.451 e. The van der Waals surface area contributed by atoms with Crippen LogP contribution >= 0.6 is 0 Å². The summed E-state index contributed by atoms with van der Waals surface area (Å²) in [4.78, 5) is 26.0. The number of rotatable bonds is 4. The van der Waals surface area contributed by atoms with Crippen molar-refractivity contribution in [3.05, 3.63) is 42.2 Å². The van der Waals surface area contributed by atoms with Gasteiger partial charge in [0.1, 0.15) is 5.76 Å². The molecule has 2 aliphatic heterocycles. The summed E-state index contributed by atoms with van der Waals surface area (Å²) < 4.78 is 5.75. The van der Waals surface area contributed by atoms with Crippen molar-refractivity contribution >= 4 is 17.5 Å². The molecule has 2 bridgehead atoms. The number of anilines is 1. The first-order chi connectivity index (χ1) is 12.6. The Labute approximate surface area is 152 Å². The molecule has 0 radical (unpaired) electrons. The topological polar surface area (TPSA) is 74.6 Å². The summed E-state index contributed by atoms with van der Waals surface area (Å²) in [5.74, 6) is 1.42. The molecular weight excluding hydrogens is 330 g/mol. The van der Waals surface area contributed by atoms with Crippen molar-refractivity contribution in [2.45, 2.75) is 25.8 Å². The maximum atomic E-state index is 12.5.